The predicted molar refractivity (Wildman–Crippen MR) is 106 cm³/mol. The largest absolute Gasteiger partial charge is 0.493 e. The summed E-state index contributed by atoms with van der Waals surface area (Å²) in [6.45, 7) is 5.49. The van der Waals surface area contributed by atoms with Crippen molar-refractivity contribution in [3.63, 3.8) is 0 Å². The number of rotatable bonds is 6. The first-order valence-electron chi connectivity index (χ1n) is 9.41. The molecule has 2 fully saturated rings. The number of methoxy groups -OCH3 is 2. The Labute approximate surface area is 159 Å². The van der Waals surface area contributed by atoms with Gasteiger partial charge in [0.25, 0.3) is 0 Å². The number of para-hydroxylation sites is 1. The molecule has 1 aromatic carbocycles. The lowest BCUT2D eigenvalue weighted by molar-refractivity contribution is 0.325. The van der Waals surface area contributed by atoms with E-state index in [1.807, 2.05) is 17.4 Å². The predicted octanol–water partition coefficient (Wildman–Crippen LogP) is 3.75. The lowest BCUT2D eigenvalue weighted by Gasteiger charge is -2.18. The van der Waals surface area contributed by atoms with Crippen molar-refractivity contribution in [3.8, 4) is 11.5 Å². The average Bonchev–Trinajstić information content (AvgIpc) is 3.42. The van der Waals surface area contributed by atoms with E-state index in [-0.39, 0.29) is 0 Å². The van der Waals surface area contributed by atoms with Gasteiger partial charge in [0.05, 0.1) is 14.2 Å². The van der Waals surface area contributed by atoms with E-state index < -0.39 is 0 Å². The minimum absolute atomic E-state index is 0.492. The summed E-state index contributed by atoms with van der Waals surface area (Å²) in [5.74, 6) is 2.20. The third kappa shape index (κ3) is 3.53. The number of ether oxygens (including phenoxy) is 2. The van der Waals surface area contributed by atoms with Gasteiger partial charge in [-0.15, -0.1) is 11.3 Å². The Balaban J connectivity index is 1.41. The minimum Gasteiger partial charge on any atom is -0.493 e. The fourth-order valence-electron chi connectivity index (χ4n) is 4.11. The van der Waals surface area contributed by atoms with E-state index in [1.165, 1.54) is 28.4 Å². The molecule has 0 saturated carbocycles. The molecule has 3 heterocycles. The van der Waals surface area contributed by atoms with Crippen LogP contribution in [0.25, 0.3) is 0 Å². The zero-order valence-electron chi connectivity index (χ0n) is 15.6. The number of benzene rings is 1. The van der Waals surface area contributed by atoms with Crippen molar-refractivity contribution in [3.05, 3.63) is 34.8 Å². The number of anilines is 1. The molecule has 0 N–H and O–H groups in total. The van der Waals surface area contributed by atoms with Crippen molar-refractivity contribution in [1.29, 1.82) is 0 Å². The lowest BCUT2D eigenvalue weighted by atomic mass is 9.97. The molecule has 6 heteroatoms. The summed E-state index contributed by atoms with van der Waals surface area (Å²) in [5, 5.41) is 1.20. The van der Waals surface area contributed by atoms with Gasteiger partial charge in [0.2, 0.25) is 0 Å². The van der Waals surface area contributed by atoms with Gasteiger partial charge in [-0.25, -0.2) is 4.98 Å². The number of aromatic nitrogens is 1. The van der Waals surface area contributed by atoms with Gasteiger partial charge in [-0.05, 0) is 31.9 Å². The molecule has 0 radical (unpaired) electrons. The summed E-state index contributed by atoms with van der Waals surface area (Å²) in [6.07, 6.45) is 5.81. The van der Waals surface area contributed by atoms with E-state index in [9.17, 15) is 0 Å². The molecule has 2 aliphatic heterocycles. The summed E-state index contributed by atoms with van der Waals surface area (Å²) in [7, 11) is 3.43. The van der Waals surface area contributed by atoms with Crippen molar-refractivity contribution in [2.75, 3.05) is 45.3 Å². The molecule has 4 rings (SSSR count). The summed E-state index contributed by atoms with van der Waals surface area (Å²) < 4.78 is 11.1. The van der Waals surface area contributed by atoms with Gasteiger partial charge < -0.3 is 14.4 Å². The van der Waals surface area contributed by atoms with Gasteiger partial charge in [0.1, 0.15) is 0 Å². The van der Waals surface area contributed by atoms with Crippen LogP contribution >= 0.6 is 11.3 Å². The highest BCUT2D eigenvalue weighted by Gasteiger charge is 2.28. The highest BCUT2D eigenvalue weighted by molar-refractivity contribution is 7.15. The molecule has 140 valence electrons. The lowest BCUT2D eigenvalue weighted by Crippen LogP contribution is -2.19. The maximum atomic E-state index is 5.64. The first kappa shape index (κ1) is 17.6. The molecular formula is C20H27N3O2S. The third-order valence-corrected chi connectivity index (χ3v) is 6.49. The van der Waals surface area contributed by atoms with Crippen LogP contribution in [0.15, 0.2) is 24.4 Å². The molecule has 1 aromatic heterocycles. The summed E-state index contributed by atoms with van der Waals surface area (Å²) in [6, 6.07) is 6.20. The Kier molecular flexibility index (Phi) is 5.31. The van der Waals surface area contributed by atoms with Crippen LogP contribution in [0.2, 0.25) is 0 Å². The monoisotopic (exact) mass is 373 g/mol. The molecule has 1 atom stereocenters. The van der Waals surface area contributed by atoms with Crippen LogP contribution in [0.1, 0.15) is 35.6 Å². The van der Waals surface area contributed by atoms with Crippen molar-refractivity contribution >= 4 is 16.5 Å². The van der Waals surface area contributed by atoms with Crippen LogP contribution < -0.4 is 14.4 Å². The Morgan fingerprint density at radius 1 is 1.15 bits per heavy atom. The number of hydrogen-bond donors (Lipinski definition) is 0. The highest BCUT2D eigenvalue weighted by Crippen LogP contribution is 2.39. The van der Waals surface area contributed by atoms with Crippen LogP contribution in [0.4, 0.5) is 5.13 Å². The summed E-state index contributed by atoms with van der Waals surface area (Å²) in [4.78, 5) is 11.0. The van der Waals surface area contributed by atoms with Crippen LogP contribution in [-0.4, -0.2) is 50.3 Å². The Hall–Kier alpha value is -1.79. The van der Waals surface area contributed by atoms with Crippen LogP contribution in [0, 0.1) is 0 Å². The molecule has 2 aliphatic rings. The van der Waals surface area contributed by atoms with Gasteiger partial charge in [-0.2, -0.15) is 0 Å². The van der Waals surface area contributed by atoms with E-state index in [4.69, 9.17) is 9.47 Å². The quantitative estimate of drug-likeness (QED) is 0.771. The second-order valence-electron chi connectivity index (χ2n) is 7.11. The molecule has 0 spiro atoms. The normalized spacial score (nSPS) is 20.7. The molecule has 0 amide bonds. The summed E-state index contributed by atoms with van der Waals surface area (Å²) in [5.41, 5.74) is 1.26. The topological polar surface area (TPSA) is 37.8 Å². The summed E-state index contributed by atoms with van der Waals surface area (Å²) >= 11 is 1.86. The van der Waals surface area contributed by atoms with E-state index >= 15 is 0 Å². The minimum atomic E-state index is 0.492. The van der Waals surface area contributed by atoms with Gasteiger partial charge in [-0.1, -0.05) is 12.1 Å². The average molecular weight is 374 g/mol. The first-order chi connectivity index (χ1) is 12.8. The molecule has 0 bridgehead atoms. The first-order valence-corrected chi connectivity index (χ1v) is 10.2. The maximum absolute atomic E-state index is 5.64. The molecule has 5 nitrogen and oxygen atoms in total. The zero-order valence-corrected chi connectivity index (χ0v) is 16.4. The second kappa shape index (κ2) is 7.84. The van der Waals surface area contributed by atoms with E-state index in [1.54, 1.807) is 14.2 Å². The fourth-order valence-corrected chi connectivity index (χ4v) is 5.11. The molecule has 2 saturated heterocycles. The van der Waals surface area contributed by atoms with E-state index in [0.717, 1.165) is 50.6 Å². The van der Waals surface area contributed by atoms with Crippen LogP contribution in [0.3, 0.4) is 0 Å². The fraction of sp³-hybridized carbons (Fsp3) is 0.550. The Morgan fingerprint density at radius 3 is 2.77 bits per heavy atom. The molecule has 1 unspecified atom stereocenters. The maximum Gasteiger partial charge on any atom is 0.185 e. The highest BCUT2D eigenvalue weighted by atomic mass is 32.1. The number of hydrogen-bond acceptors (Lipinski definition) is 6. The van der Waals surface area contributed by atoms with Gasteiger partial charge in [-0.3, -0.25) is 4.90 Å². The van der Waals surface area contributed by atoms with Crippen molar-refractivity contribution in [2.24, 2.45) is 0 Å². The SMILES string of the molecule is COc1cccc(C2CCN(Cc3cnc(N4CCCC4)s3)C2)c1OC. The van der Waals surface area contributed by atoms with E-state index in [2.05, 4.69) is 33.1 Å². The Bertz CT molecular complexity index is 742. The standard InChI is InChI=1S/C20H27N3O2S/c1-24-18-7-5-6-17(19(18)25-2)15-8-11-22(13-15)14-16-12-21-20(26-16)23-9-3-4-10-23/h5-7,12,15H,3-4,8-11,13-14H2,1-2H3. The third-order valence-electron chi connectivity index (χ3n) is 5.44. The molecular weight excluding hydrogens is 346 g/mol. The van der Waals surface area contributed by atoms with Crippen LogP contribution in [0.5, 0.6) is 11.5 Å². The van der Waals surface area contributed by atoms with E-state index in [0.29, 0.717) is 5.92 Å². The van der Waals surface area contributed by atoms with Crippen molar-refractivity contribution in [1.82, 2.24) is 9.88 Å². The second-order valence-corrected chi connectivity index (χ2v) is 8.20. The molecule has 0 aliphatic carbocycles. The Morgan fingerprint density at radius 2 is 2.00 bits per heavy atom. The number of thiazole rings is 1. The van der Waals surface area contributed by atoms with Gasteiger partial charge >= 0.3 is 0 Å². The van der Waals surface area contributed by atoms with Gasteiger partial charge in [0, 0.05) is 48.7 Å². The zero-order chi connectivity index (χ0) is 17.9. The van der Waals surface area contributed by atoms with Crippen LogP contribution in [-0.2, 0) is 6.54 Å². The smallest absolute Gasteiger partial charge is 0.185 e. The number of nitrogens with zero attached hydrogens (tertiary/aromatic N) is 3. The molecule has 2 aromatic rings. The van der Waals surface area contributed by atoms with Crippen molar-refractivity contribution in [2.45, 2.75) is 31.7 Å². The number of likely N-dealkylation sites (tertiary alicyclic amines) is 1. The molecule has 26 heavy (non-hydrogen) atoms. The van der Waals surface area contributed by atoms with Crippen molar-refractivity contribution < 1.29 is 9.47 Å². The van der Waals surface area contributed by atoms with Gasteiger partial charge in [0.15, 0.2) is 16.6 Å².